The van der Waals surface area contributed by atoms with Gasteiger partial charge in [-0.05, 0) is 23.8 Å². The summed E-state index contributed by atoms with van der Waals surface area (Å²) in [5, 5.41) is 0.869. The van der Waals surface area contributed by atoms with Gasteiger partial charge in [-0.3, -0.25) is 0 Å². The molecule has 0 saturated heterocycles. The first kappa shape index (κ1) is 17.8. The molecule has 0 unspecified atom stereocenters. The van der Waals surface area contributed by atoms with Crippen LogP contribution in [0, 0.1) is 0 Å². The van der Waals surface area contributed by atoms with Crippen LogP contribution in [0.3, 0.4) is 0 Å². The Morgan fingerprint density at radius 1 is 0.840 bits per heavy atom. The topological polar surface area (TPSA) is 44.2 Å². The molecule has 2 aromatic carbocycles. The maximum absolute atomic E-state index is 6.25. The maximum Gasteiger partial charge on any atom is 0.202 e. The predicted molar refractivity (Wildman–Crippen MR) is 99.4 cm³/mol. The molecule has 0 aliphatic carbocycles. The number of methoxy groups -OCH3 is 1. The number of benzene rings is 2. The van der Waals surface area contributed by atoms with Crippen molar-refractivity contribution in [3.8, 4) is 17.2 Å². The zero-order valence-electron chi connectivity index (χ0n) is 13.2. The highest BCUT2D eigenvalue weighted by Crippen LogP contribution is 2.38. The third-order valence-electron chi connectivity index (χ3n) is 3.42. The van der Waals surface area contributed by atoms with Crippen molar-refractivity contribution in [1.82, 2.24) is 9.97 Å². The zero-order chi connectivity index (χ0) is 17.8. The lowest BCUT2D eigenvalue weighted by Crippen LogP contribution is -2.01. The Morgan fingerprint density at radius 3 is 2.08 bits per heavy atom. The van der Waals surface area contributed by atoms with Gasteiger partial charge >= 0.3 is 0 Å². The lowest BCUT2D eigenvalue weighted by atomic mass is 10.1. The van der Waals surface area contributed by atoms with E-state index in [1.807, 2.05) is 30.3 Å². The molecule has 1 aromatic heterocycles. The SMILES string of the molecule is COc1ccccc1Oc1c(Cl)nc(Cc2ccccc2Cl)nc1Cl. The smallest absolute Gasteiger partial charge is 0.202 e. The minimum absolute atomic E-state index is 0.118. The van der Waals surface area contributed by atoms with E-state index in [2.05, 4.69) is 9.97 Å². The fraction of sp³-hybridized carbons (Fsp3) is 0.111. The van der Waals surface area contributed by atoms with Gasteiger partial charge in [0.15, 0.2) is 21.8 Å². The van der Waals surface area contributed by atoms with Crippen molar-refractivity contribution < 1.29 is 9.47 Å². The average Bonchev–Trinajstić information content (AvgIpc) is 2.60. The van der Waals surface area contributed by atoms with Crippen LogP contribution in [-0.2, 0) is 6.42 Å². The number of hydrogen-bond acceptors (Lipinski definition) is 4. The molecule has 25 heavy (non-hydrogen) atoms. The highest BCUT2D eigenvalue weighted by Gasteiger charge is 2.16. The Labute approximate surface area is 160 Å². The summed E-state index contributed by atoms with van der Waals surface area (Å²) in [5.41, 5.74) is 0.884. The summed E-state index contributed by atoms with van der Waals surface area (Å²) < 4.78 is 11.0. The van der Waals surface area contributed by atoms with Gasteiger partial charge in [0.2, 0.25) is 5.75 Å². The summed E-state index contributed by atoms with van der Waals surface area (Å²) in [4.78, 5) is 8.53. The molecule has 0 radical (unpaired) electrons. The zero-order valence-corrected chi connectivity index (χ0v) is 15.4. The molecule has 3 rings (SSSR count). The fourth-order valence-corrected chi connectivity index (χ4v) is 2.93. The van der Waals surface area contributed by atoms with Gasteiger partial charge in [-0.2, -0.15) is 0 Å². The van der Waals surface area contributed by atoms with Crippen LogP contribution in [-0.4, -0.2) is 17.1 Å². The minimum atomic E-state index is 0.118. The van der Waals surface area contributed by atoms with Gasteiger partial charge in [0, 0.05) is 11.4 Å². The van der Waals surface area contributed by atoms with Crippen LogP contribution in [0.5, 0.6) is 17.2 Å². The molecule has 0 aliphatic heterocycles. The van der Waals surface area contributed by atoms with Crippen LogP contribution in [0.1, 0.15) is 11.4 Å². The van der Waals surface area contributed by atoms with Crippen LogP contribution in [0.4, 0.5) is 0 Å². The van der Waals surface area contributed by atoms with Gasteiger partial charge in [-0.1, -0.05) is 65.1 Å². The van der Waals surface area contributed by atoms with Gasteiger partial charge in [0.25, 0.3) is 0 Å². The second-order valence-corrected chi connectivity index (χ2v) is 6.19. The van der Waals surface area contributed by atoms with Gasteiger partial charge in [0.1, 0.15) is 5.82 Å². The van der Waals surface area contributed by atoms with E-state index in [4.69, 9.17) is 44.3 Å². The van der Waals surface area contributed by atoms with Gasteiger partial charge in [-0.15, -0.1) is 0 Å². The summed E-state index contributed by atoms with van der Waals surface area (Å²) in [6.45, 7) is 0. The standard InChI is InChI=1S/C18H13Cl3N2O2/c1-24-13-8-4-5-9-14(13)25-16-17(20)22-15(23-18(16)21)10-11-6-2-3-7-12(11)19/h2-9H,10H2,1H3. The number of halogens is 3. The first-order chi connectivity index (χ1) is 12.1. The van der Waals surface area contributed by atoms with Gasteiger partial charge < -0.3 is 9.47 Å². The van der Waals surface area contributed by atoms with Crippen LogP contribution in [0.2, 0.25) is 15.3 Å². The van der Waals surface area contributed by atoms with Crippen molar-refractivity contribution >= 4 is 34.8 Å². The minimum Gasteiger partial charge on any atom is -0.493 e. The summed E-state index contributed by atoms with van der Waals surface area (Å²) >= 11 is 18.7. The second-order valence-electron chi connectivity index (χ2n) is 5.07. The van der Waals surface area contributed by atoms with E-state index >= 15 is 0 Å². The molecule has 1 heterocycles. The largest absolute Gasteiger partial charge is 0.493 e. The van der Waals surface area contributed by atoms with Crippen LogP contribution >= 0.6 is 34.8 Å². The third-order valence-corrected chi connectivity index (χ3v) is 4.30. The molecule has 4 nitrogen and oxygen atoms in total. The van der Waals surface area contributed by atoms with Gasteiger partial charge in [0.05, 0.1) is 7.11 Å². The normalized spacial score (nSPS) is 10.6. The Kier molecular flexibility index (Phi) is 5.63. The number of rotatable bonds is 5. The van der Waals surface area contributed by atoms with Crippen LogP contribution in [0.15, 0.2) is 48.5 Å². The number of aromatic nitrogens is 2. The fourth-order valence-electron chi connectivity index (χ4n) is 2.23. The van der Waals surface area contributed by atoms with Crippen molar-refractivity contribution in [2.45, 2.75) is 6.42 Å². The van der Waals surface area contributed by atoms with Crippen molar-refractivity contribution in [2.24, 2.45) is 0 Å². The molecular weight excluding hydrogens is 383 g/mol. The number of ether oxygens (including phenoxy) is 2. The van der Waals surface area contributed by atoms with E-state index in [-0.39, 0.29) is 16.1 Å². The molecule has 128 valence electrons. The van der Waals surface area contributed by atoms with Crippen molar-refractivity contribution in [2.75, 3.05) is 7.11 Å². The van der Waals surface area contributed by atoms with E-state index in [1.54, 1.807) is 25.3 Å². The predicted octanol–water partition coefficient (Wildman–Crippen LogP) is 5.83. The van der Waals surface area contributed by atoms with E-state index in [0.29, 0.717) is 28.8 Å². The first-order valence-electron chi connectivity index (χ1n) is 7.34. The molecule has 0 atom stereocenters. The summed E-state index contributed by atoms with van der Waals surface area (Å²) in [5.74, 6) is 1.65. The Hall–Kier alpha value is -2.01. The molecule has 0 fully saturated rings. The lowest BCUT2D eigenvalue weighted by molar-refractivity contribution is 0.378. The molecule has 3 aromatic rings. The molecule has 0 amide bonds. The van der Waals surface area contributed by atoms with Crippen LogP contribution in [0.25, 0.3) is 0 Å². The number of nitrogens with zero attached hydrogens (tertiary/aromatic N) is 2. The summed E-state index contributed by atoms with van der Waals surface area (Å²) in [6.07, 6.45) is 0.411. The molecule has 0 aliphatic rings. The quantitative estimate of drug-likeness (QED) is 0.510. The molecule has 0 bridgehead atoms. The third kappa shape index (κ3) is 4.15. The monoisotopic (exact) mass is 394 g/mol. The number of para-hydroxylation sites is 2. The van der Waals surface area contributed by atoms with Gasteiger partial charge in [-0.25, -0.2) is 9.97 Å². The highest BCUT2D eigenvalue weighted by atomic mass is 35.5. The summed E-state index contributed by atoms with van der Waals surface area (Å²) in [6, 6.07) is 14.6. The molecule has 0 spiro atoms. The number of hydrogen-bond donors (Lipinski definition) is 0. The highest BCUT2D eigenvalue weighted by molar-refractivity contribution is 6.35. The maximum atomic E-state index is 6.25. The lowest BCUT2D eigenvalue weighted by Gasteiger charge is -2.12. The van der Waals surface area contributed by atoms with E-state index in [1.165, 1.54) is 0 Å². The van der Waals surface area contributed by atoms with Crippen molar-refractivity contribution in [3.63, 3.8) is 0 Å². The molecular formula is C18H13Cl3N2O2. The van der Waals surface area contributed by atoms with E-state index in [0.717, 1.165) is 5.56 Å². The van der Waals surface area contributed by atoms with E-state index in [9.17, 15) is 0 Å². The Balaban J connectivity index is 1.89. The molecule has 0 N–H and O–H groups in total. The van der Waals surface area contributed by atoms with Crippen molar-refractivity contribution in [1.29, 1.82) is 0 Å². The Morgan fingerprint density at radius 2 is 1.44 bits per heavy atom. The second kappa shape index (κ2) is 7.91. The first-order valence-corrected chi connectivity index (χ1v) is 8.48. The molecule has 7 heteroatoms. The van der Waals surface area contributed by atoms with E-state index < -0.39 is 0 Å². The van der Waals surface area contributed by atoms with Crippen LogP contribution < -0.4 is 9.47 Å². The van der Waals surface area contributed by atoms with Crippen molar-refractivity contribution in [3.05, 3.63) is 75.2 Å². The Bertz CT molecular complexity index is 880. The average molecular weight is 396 g/mol. The molecule has 0 saturated carbocycles. The summed E-state index contributed by atoms with van der Waals surface area (Å²) in [7, 11) is 1.55.